The number of halogens is 1. The molecule has 0 spiro atoms. The normalized spacial score (nSPS) is 14.3. The van der Waals surface area contributed by atoms with E-state index in [1.807, 2.05) is 0 Å². The fraction of sp³-hybridized carbons (Fsp3) is 0.176. The molecular formula is C17H15ClN2O4. The Hall–Kier alpha value is -2.73. The molecule has 1 aliphatic heterocycles. The molecule has 6 nitrogen and oxygen atoms in total. The highest BCUT2D eigenvalue weighted by Gasteiger charge is 2.28. The van der Waals surface area contributed by atoms with Crippen LogP contribution in [0.1, 0.15) is 11.1 Å². The summed E-state index contributed by atoms with van der Waals surface area (Å²) in [5.74, 6) is 1.67. The highest BCUT2D eigenvalue weighted by Crippen LogP contribution is 2.41. The number of nitrogens with zero attached hydrogens (tertiary/aromatic N) is 1. The van der Waals surface area contributed by atoms with Crippen LogP contribution in [0.4, 0.5) is 5.82 Å². The van der Waals surface area contributed by atoms with Crippen LogP contribution in [0.2, 0.25) is 5.02 Å². The minimum absolute atomic E-state index is 0.264. The lowest BCUT2D eigenvalue weighted by molar-refractivity contribution is -0.110. The van der Waals surface area contributed by atoms with Crippen LogP contribution < -0.4 is 19.5 Å². The van der Waals surface area contributed by atoms with Crippen molar-refractivity contribution in [3.05, 3.63) is 40.5 Å². The summed E-state index contributed by atoms with van der Waals surface area (Å²) < 4.78 is 16.0. The largest absolute Gasteiger partial charge is 0.493 e. The molecule has 0 bridgehead atoms. The average Bonchev–Trinajstić information content (AvgIpc) is 2.90. The molecule has 0 saturated carbocycles. The van der Waals surface area contributed by atoms with E-state index in [0.717, 1.165) is 0 Å². The SMILES string of the molecule is COc1cc(/C=C2\C(=O)Nc3nccc(Cl)c32)cc(OC)c1OC. The number of carbonyl (C=O) groups excluding carboxylic acids is 1. The number of aromatic nitrogens is 1. The first-order chi connectivity index (χ1) is 11.6. The molecule has 1 N–H and O–H groups in total. The lowest BCUT2D eigenvalue weighted by atomic mass is 10.0. The Kier molecular flexibility index (Phi) is 4.31. The van der Waals surface area contributed by atoms with Crippen molar-refractivity contribution in [2.24, 2.45) is 0 Å². The van der Waals surface area contributed by atoms with Gasteiger partial charge < -0.3 is 19.5 Å². The van der Waals surface area contributed by atoms with Gasteiger partial charge in [0.05, 0.1) is 31.9 Å². The van der Waals surface area contributed by atoms with Crippen LogP contribution >= 0.6 is 11.6 Å². The van der Waals surface area contributed by atoms with Crippen molar-refractivity contribution < 1.29 is 19.0 Å². The van der Waals surface area contributed by atoms with Gasteiger partial charge in [-0.1, -0.05) is 11.6 Å². The fourth-order valence-corrected chi connectivity index (χ4v) is 2.81. The number of fused-ring (bicyclic) bond motifs is 1. The van der Waals surface area contributed by atoms with E-state index in [9.17, 15) is 4.79 Å². The van der Waals surface area contributed by atoms with E-state index >= 15 is 0 Å². The minimum Gasteiger partial charge on any atom is -0.493 e. The molecule has 1 amide bonds. The molecule has 0 unspecified atom stereocenters. The van der Waals surface area contributed by atoms with Gasteiger partial charge in [0.25, 0.3) is 5.91 Å². The average molecular weight is 347 g/mol. The number of hydrogen-bond donors (Lipinski definition) is 1. The van der Waals surface area contributed by atoms with Crippen LogP contribution in [0.25, 0.3) is 11.6 Å². The first-order valence-corrected chi connectivity index (χ1v) is 7.44. The summed E-state index contributed by atoms with van der Waals surface area (Å²) >= 11 is 6.22. The number of anilines is 1. The third-order valence-corrected chi connectivity index (χ3v) is 3.96. The topological polar surface area (TPSA) is 69.7 Å². The maximum Gasteiger partial charge on any atom is 0.257 e. The maximum absolute atomic E-state index is 12.3. The molecule has 3 rings (SSSR count). The zero-order chi connectivity index (χ0) is 17.3. The third-order valence-electron chi connectivity index (χ3n) is 3.64. The Morgan fingerprint density at radius 1 is 1.12 bits per heavy atom. The number of hydrogen-bond acceptors (Lipinski definition) is 5. The number of carbonyl (C=O) groups is 1. The van der Waals surface area contributed by atoms with Crippen LogP contribution in [-0.2, 0) is 4.79 Å². The van der Waals surface area contributed by atoms with Crippen LogP contribution in [0.3, 0.4) is 0 Å². The number of pyridine rings is 1. The zero-order valence-corrected chi connectivity index (χ0v) is 14.1. The van der Waals surface area contributed by atoms with Gasteiger partial charge in [-0.05, 0) is 29.8 Å². The van der Waals surface area contributed by atoms with E-state index in [1.165, 1.54) is 21.3 Å². The number of amides is 1. The molecule has 2 heterocycles. The van der Waals surface area contributed by atoms with Crippen LogP contribution in [0.5, 0.6) is 17.2 Å². The standard InChI is InChI=1S/C17H15ClN2O4/c1-22-12-7-9(8-13(23-2)15(12)24-3)6-10-14-11(18)4-5-19-16(14)20-17(10)21/h4-8H,1-3H3,(H,19,20,21)/b10-6-. The molecule has 0 atom stereocenters. The molecule has 124 valence electrons. The van der Waals surface area contributed by atoms with Crippen LogP contribution in [-0.4, -0.2) is 32.2 Å². The van der Waals surface area contributed by atoms with Gasteiger partial charge in [0.15, 0.2) is 11.5 Å². The summed E-state index contributed by atoms with van der Waals surface area (Å²) in [4.78, 5) is 16.4. The van der Waals surface area contributed by atoms with Crippen molar-refractivity contribution in [1.82, 2.24) is 4.98 Å². The van der Waals surface area contributed by atoms with Gasteiger partial charge >= 0.3 is 0 Å². The van der Waals surface area contributed by atoms with Crippen LogP contribution in [0, 0.1) is 0 Å². The Balaban J connectivity index is 2.15. The summed E-state index contributed by atoms with van der Waals surface area (Å²) in [5.41, 5.74) is 1.72. The molecule has 1 aliphatic rings. The maximum atomic E-state index is 12.3. The molecule has 1 aromatic carbocycles. The molecule has 7 heteroatoms. The second kappa shape index (κ2) is 6.41. The van der Waals surface area contributed by atoms with E-state index < -0.39 is 0 Å². The molecule has 0 saturated heterocycles. The predicted molar refractivity (Wildman–Crippen MR) is 91.8 cm³/mol. The van der Waals surface area contributed by atoms with E-state index in [-0.39, 0.29) is 5.91 Å². The Bertz CT molecular complexity index is 823. The van der Waals surface area contributed by atoms with Crippen molar-refractivity contribution in [3.8, 4) is 17.2 Å². The monoisotopic (exact) mass is 346 g/mol. The molecule has 24 heavy (non-hydrogen) atoms. The Morgan fingerprint density at radius 2 is 1.79 bits per heavy atom. The predicted octanol–water partition coefficient (Wildman–Crippen LogP) is 3.25. The molecule has 0 radical (unpaired) electrons. The zero-order valence-electron chi connectivity index (χ0n) is 13.3. The second-order valence-electron chi connectivity index (χ2n) is 4.99. The van der Waals surface area contributed by atoms with Gasteiger partial charge in [0, 0.05) is 11.8 Å². The molecular weight excluding hydrogens is 332 g/mol. The van der Waals surface area contributed by atoms with Crippen molar-refractivity contribution in [2.45, 2.75) is 0 Å². The molecule has 0 aliphatic carbocycles. The van der Waals surface area contributed by atoms with Gasteiger partial charge in [0.1, 0.15) is 5.82 Å². The van der Waals surface area contributed by atoms with Crippen molar-refractivity contribution in [1.29, 1.82) is 0 Å². The number of ether oxygens (including phenoxy) is 3. The van der Waals surface area contributed by atoms with E-state index in [4.69, 9.17) is 25.8 Å². The fourth-order valence-electron chi connectivity index (χ4n) is 2.57. The first kappa shape index (κ1) is 16.1. The lowest BCUT2D eigenvalue weighted by Gasteiger charge is -2.13. The number of methoxy groups -OCH3 is 3. The summed E-state index contributed by atoms with van der Waals surface area (Å²) in [6.45, 7) is 0. The lowest BCUT2D eigenvalue weighted by Crippen LogP contribution is -2.04. The van der Waals surface area contributed by atoms with E-state index in [1.54, 1.807) is 30.5 Å². The highest BCUT2D eigenvalue weighted by molar-refractivity contribution is 6.41. The van der Waals surface area contributed by atoms with Gasteiger partial charge in [0.2, 0.25) is 5.75 Å². The Labute approximate surface area is 144 Å². The number of benzene rings is 1. The summed E-state index contributed by atoms with van der Waals surface area (Å²) in [5, 5.41) is 3.15. The van der Waals surface area contributed by atoms with Crippen molar-refractivity contribution in [2.75, 3.05) is 26.6 Å². The van der Waals surface area contributed by atoms with Gasteiger partial charge in [-0.2, -0.15) is 0 Å². The molecule has 0 fully saturated rings. The second-order valence-corrected chi connectivity index (χ2v) is 5.39. The first-order valence-electron chi connectivity index (χ1n) is 7.07. The van der Waals surface area contributed by atoms with Crippen molar-refractivity contribution >= 4 is 35.0 Å². The molecule has 2 aromatic rings. The summed E-state index contributed by atoms with van der Waals surface area (Å²) in [6.07, 6.45) is 3.25. The van der Waals surface area contributed by atoms with Gasteiger partial charge in [-0.25, -0.2) is 4.98 Å². The Morgan fingerprint density at radius 3 is 2.38 bits per heavy atom. The third kappa shape index (κ3) is 2.65. The number of nitrogens with one attached hydrogen (secondary N) is 1. The van der Waals surface area contributed by atoms with Gasteiger partial charge in [-0.15, -0.1) is 0 Å². The van der Waals surface area contributed by atoms with E-state index in [0.29, 0.717) is 44.8 Å². The smallest absolute Gasteiger partial charge is 0.257 e. The minimum atomic E-state index is -0.264. The summed E-state index contributed by atoms with van der Waals surface area (Å²) in [6, 6.07) is 5.15. The quantitative estimate of drug-likeness (QED) is 0.860. The highest BCUT2D eigenvalue weighted by atomic mass is 35.5. The van der Waals surface area contributed by atoms with E-state index in [2.05, 4.69) is 10.3 Å². The van der Waals surface area contributed by atoms with Gasteiger partial charge in [-0.3, -0.25) is 4.79 Å². The number of rotatable bonds is 4. The van der Waals surface area contributed by atoms with Crippen LogP contribution in [0.15, 0.2) is 24.4 Å². The van der Waals surface area contributed by atoms with Crippen molar-refractivity contribution in [3.63, 3.8) is 0 Å². The summed E-state index contributed by atoms with van der Waals surface area (Å²) in [7, 11) is 4.60. The molecule has 1 aromatic heterocycles.